The highest BCUT2D eigenvalue weighted by molar-refractivity contribution is 5.30. The zero-order valence-corrected chi connectivity index (χ0v) is 11.3. The summed E-state index contributed by atoms with van der Waals surface area (Å²) in [5.41, 5.74) is 2.24. The normalized spacial score (nSPS) is 18.9. The van der Waals surface area contributed by atoms with Crippen LogP contribution in [0.3, 0.4) is 0 Å². The zero-order valence-electron chi connectivity index (χ0n) is 11.3. The van der Waals surface area contributed by atoms with Crippen molar-refractivity contribution in [1.82, 2.24) is 5.43 Å². The molecule has 0 bridgehead atoms. The van der Waals surface area contributed by atoms with Crippen LogP contribution >= 0.6 is 0 Å². The van der Waals surface area contributed by atoms with Crippen LogP contribution in [0.4, 0.5) is 13.2 Å². The van der Waals surface area contributed by atoms with Crippen LogP contribution in [0.2, 0.25) is 0 Å². The minimum absolute atomic E-state index is 0.152. The predicted octanol–water partition coefficient (Wildman–Crippen LogP) is 2.50. The first-order valence-corrected chi connectivity index (χ1v) is 6.61. The van der Waals surface area contributed by atoms with Crippen molar-refractivity contribution in [2.75, 3.05) is 7.11 Å². The number of halogens is 3. The Balaban J connectivity index is 2.19. The molecule has 0 heterocycles. The van der Waals surface area contributed by atoms with Gasteiger partial charge < -0.3 is 4.74 Å². The number of ether oxygens (including phenoxy) is 1. The number of methoxy groups -OCH3 is 1. The molecule has 2 rings (SSSR count). The van der Waals surface area contributed by atoms with Crippen molar-refractivity contribution >= 4 is 0 Å². The van der Waals surface area contributed by atoms with Gasteiger partial charge in [-0.25, -0.2) is 0 Å². The van der Waals surface area contributed by atoms with Gasteiger partial charge in [0.2, 0.25) is 0 Å². The second-order valence-corrected chi connectivity index (χ2v) is 5.17. The third-order valence-electron chi connectivity index (χ3n) is 3.73. The van der Waals surface area contributed by atoms with E-state index in [0.29, 0.717) is 5.92 Å². The zero-order chi connectivity index (χ0) is 14.8. The number of hydrogen-bond donors (Lipinski definition) is 2. The topological polar surface area (TPSA) is 47.3 Å². The molecule has 112 valence electrons. The SMILES string of the molecule is COC(C1CC1)C(Cc1ccccc1C(F)(F)F)NN. The van der Waals surface area contributed by atoms with Crippen LogP contribution in [0.5, 0.6) is 0 Å². The lowest BCUT2D eigenvalue weighted by Crippen LogP contribution is -2.47. The van der Waals surface area contributed by atoms with Crippen LogP contribution in [-0.4, -0.2) is 19.3 Å². The fourth-order valence-electron chi connectivity index (χ4n) is 2.59. The van der Waals surface area contributed by atoms with Gasteiger partial charge in [-0.3, -0.25) is 11.3 Å². The van der Waals surface area contributed by atoms with Crippen LogP contribution in [0.1, 0.15) is 24.0 Å². The van der Waals surface area contributed by atoms with Gasteiger partial charge >= 0.3 is 6.18 Å². The van der Waals surface area contributed by atoms with Crippen LogP contribution in [0.15, 0.2) is 24.3 Å². The largest absolute Gasteiger partial charge is 0.416 e. The third-order valence-corrected chi connectivity index (χ3v) is 3.73. The average Bonchev–Trinajstić information content (AvgIpc) is 3.22. The maximum absolute atomic E-state index is 13.0. The smallest absolute Gasteiger partial charge is 0.379 e. The van der Waals surface area contributed by atoms with Crippen molar-refractivity contribution in [3.8, 4) is 0 Å². The molecule has 1 fully saturated rings. The minimum atomic E-state index is -4.35. The fraction of sp³-hybridized carbons (Fsp3) is 0.571. The molecule has 6 heteroatoms. The van der Waals surface area contributed by atoms with E-state index in [4.69, 9.17) is 10.6 Å². The summed E-state index contributed by atoms with van der Waals surface area (Å²) in [7, 11) is 1.57. The van der Waals surface area contributed by atoms with Crippen molar-refractivity contribution in [2.24, 2.45) is 11.8 Å². The first kappa shape index (κ1) is 15.3. The van der Waals surface area contributed by atoms with Crippen LogP contribution < -0.4 is 11.3 Å². The first-order valence-electron chi connectivity index (χ1n) is 6.61. The summed E-state index contributed by atoms with van der Waals surface area (Å²) < 4.78 is 44.3. The number of hydrogen-bond acceptors (Lipinski definition) is 3. The highest BCUT2D eigenvalue weighted by Crippen LogP contribution is 2.37. The highest BCUT2D eigenvalue weighted by Gasteiger charge is 2.38. The molecule has 1 aromatic rings. The van der Waals surface area contributed by atoms with E-state index < -0.39 is 11.7 Å². The molecule has 20 heavy (non-hydrogen) atoms. The molecule has 3 N–H and O–H groups in total. The molecule has 2 unspecified atom stereocenters. The maximum atomic E-state index is 13.0. The van der Waals surface area contributed by atoms with Crippen LogP contribution in [0.25, 0.3) is 0 Å². The second-order valence-electron chi connectivity index (χ2n) is 5.17. The minimum Gasteiger partial charge on any atom is -0.379 e. The molecule has 1 aliphatic carbocycles. The Hall–Kier alpha value is -1.11. The molecular weight excluding hydrogens is 269 g/mol. The van der Waals surface area contributed by atoms with E-state index in [0.717, 1.165) is 18.9 Å². The van der Waals surface area contributed by atoms with E-state index in [-0.39, 0.29) is 24.1 Å². The number of alkyl halides is 3. The van der Waals surface area contributed by atoms with E-state index in [2.05, 4.69) is 5.43 Å². The van der Waals surface area contributed by atoms with Crippen molar-refractivity contribution < 1.29 is 17.9 Å². The molecule has 0 spiro atoms. The van der Waals surface area contributed by atoms with Gasteiger partial charge in [-0.2, -0.15) is 13.2 Å². The fourth-order valence-corrected chi connectivity index (χ4v) is 2.59. The lowest BCUT2D eigenvalue weighted by Gasteiger charge is -2.26. The van der Waals surface area contributed by atoms with Gasteiger partial charge in [0.05, 0.1) is 17.7 Å². The molecule has 1 aromatic carbocycles. The Morgan fingerprint density at radius 3 is 2.50 bits per heavy atom. The van der Waals surface area contributed by atoms with Crippen molar-refractivity contribution in [1.29, 1.82) is 0 Å². The molecule has 2 atom stereocenters. The van der Waals surface area contributed by atoms with Gasteiger partial charge in [0.15, 0.2) is 0 Å². The Morgan fingerprint density at radius 2 is 2.00 bits per heavy atom. The van der Waals surface area contributed by atoms with Gasteiger partial charge in [-0.05, 0) is 36.8 Å². The van der Waals surface area contributed by atoms with Gasteiger partial charge in [0, 0.05) is 7.11 Å². The summed E-state index contributed by atoms with van der Waals surface area (Å²) in [5.74, 6) is 5.90. The first-order chi connectivity index (χ1) is 9.47. The Labute approximate surface area is 116 Å². The lowest BCUT2D eigenvalue weighted by molar-refractivity contribution is -0.138. The lowest BCUT2D eigenvalue weighted by atomic mass is 9.95. The number of rotatable bonds is 6. The molecule has 1 aliphatic rings. The molecule has 3 nitrogen and oxygen atoms in total. The van der Waals surface area contributed by atoms with E-state index >= 15 is 0 Å². The van der Waals surface area contributed by atoms with E-state index in [9.17, 15) is 13.2 Å². The molecule has 0 radical (unpaired) electrons. The van der Waals surface area contributed by atoms with Crippen molar-refractivity contribution in [3.63, 3.8) is 0 Å². The van der Waals surface area contributed by atoms with Gasteiger partial charge in [-0.15, -0.1) is 0 Å². The van der Waals surface area contributed by atoms with E-state index in [1.54, 1.807) is 13.2 Å². The maximum Gasteiger partial charge on any atom is 0.416 e. The Bertz CT molecular complexity index is 446. The molecule has 0 amide bonds. The van der Waals surface area contributed by atoms with E-state index in [1.165, 1.54) is 12.1 Å². The summed E-state index contributed by atoms with van der Waals surface area (Å²) in [6.07, 6.45) is -2.23. The predicted molar refractivity (Wildman–Crippen MR) is 69.8 cm³/mol. The molecule has 1 saturated carbocycles. The standard InChI is InChI=1S/C14H19F3N2O/c1-20-13(9-6-7-9)12(19-18)8-10-4-2-3-5-11(10)14(15,16)17/h2-5,9,12-13,19H,6-8,18H2,1H3. The summed E-state index contributed by atoms with van der Waals surface area (Å²) in [6.45, 7) is 0. The molecule has 0 aromatic heterocycles. The van der Waals surface area contributed by atoms with E-state index in [1.807, 2.05) is 0 Å². The molecule has 0 saturated heterocycles. The Morgan fingerprint density at radius 1 is 1.35 bits per heavy atom. The summed E-state index contributed by atoms with van der Waals surface area (Å²) >= 11 is 0. The number of nitrogens with one attached hydrogen (secondary N) is 1. The molecule has 0 aliphatic heterocycles. The Kier molecular flexibility index (Phi) is 4.67. The second kappa shape index (κ2) is 6.11. The molecular formula is C14H19F3N2O. The van der Waals surface area contributed by atoms with Gasteiger partial charge in [0.1, 0.15) is 0 Å². The summed E-state index contributed by atoms with van der Waals surface area (Å²) in [6, 6.07) is 5.27. The summed E-state index contributed by atoms with van der Waals surface area (Å²) in [5, 5.41) is 0. The number of nitrogens with two attached hydrogens (primary N) is 1. The van der Waals surface area contributed by atoms with Crippen molar-refractivity contribution in [2.45, 2.75) is 37.6 Å². The van der Waals surface area contributed by atoms with Crippen LogP contribution in [-0.2, 0) is 17.3 Å². The van der Waals surface area contributed by atoms with Gasteiger partial charge in [0.25, 0.3) is 0 Å². The highest BCUT2D eigenvalue weighted by atomic mass is 19.4. The summed E-state index contributed by atoms with van der Waals surface area (Å²) in [4.78, 5) is 0. The van der Waals surface area contributed by atoms with Crippen LogP contribution in [0, 0.1) is 5.92 Å². The third kappa shape index (κ3) is 3.50. The number of hydrazine groups is 1. The van der Waals surface area contributed by atoms with Gasteiger partial charge in [-0.1, -0.05) is 18.2 Å². The van der Waals surface area contributed by atoms with Crippen molar-refractivity contribution in [3.05, 3.63) is 35.4 Å². The quantitative estimate of drug-likeness (QED) is 0.624. The number of benzene rings is 1. The monoisotopic (exact) mass is 288 g/mol. The average molecular weight is 288 g/mol.